The second-order valence-corrected chi connectivity index (χ2v) is 4.76. The van der Waals surface area contributed by atoms with E-state index < -0.39 is 0 Å². The summed E-state index contributed by atoms with van der Waals surface area (Å²) in [7, 11) is 1.80. The van der Waals surface area contributed by atoms with Crippen LogP contribution in [-0.4, -0.2) is 36.1 Å². The number of likely N-dealkylation sites (N-methyl/N-ethyl adjacent to an activating group) is 1. The molecule has 0 saturated heterocycles. The topological polar surface area (TPSA) is 42.4 Å². The molecule has 0 aliphatic carbocycles. The van der Waals surface area contributed by atoms with Gasteiger partial charge in [-0.1, -0.05) is 23.2 Å². The van der Waals surface area contributed by atoms with Gasteiger partial charge in [-0.3, -0.25) is 9.69 Å². The summed E-state index contributed by atoms with van der Waals surface area (Å²) >= 11 is 12.1. The Hall–Kier alpha value is -0.840. The SMILES string of the molecule is CCOC(=O)CN(C)Cc1c(Cl)cc(C)nc1Cl. The zero-order valence-electron chi connectivity index (χ0n) is 10.7. The molecule has 1 rings (SSSR count). The van der Waals surface area contributed by atoms with Gasteiger partial charge in [-0.25, -0.2) is 4.98 Å². The van der Waals surface area contributed by atoms with Crippen molar-refractivity contribution in [2.45, 2.75) is 20.4 Å². The van der Waals surface area contributed by atoms with Crippen molar-refractivity contribution in [1.29, 1.82) is 0 Å². The second kappa shape index (κ2) is 6.92. The zero-order valence-corrected chi connectivity index (χ0v) is 12.2. The Kier molecular flexibility index (Phi) is 5.85. The van der Waals surface area contributed by atoms with Crippen LogP contribution in [0.4, 0.5) is 0 Å². The summed E-state index contributed by atoms with van der Waals surface area (Å²) in [6, 6.07) is 1.75. The van der Waals surface area contributed by atoms with Crippen molar-refractivity contribution >= 4 is 29.2 Å². The molecule has 0 spiro atoms. The van der Waals surface area contributed by atoms with Gasteiger partial charge in [-0.15, -0.1) is 0 Å². The molecule has 0 aromatic carbocycles. The fourth-order valence-electron chi connectivity index (χ4n) is 1.52. The molecule has 1 heterocycles. The lowest BCUT2D eigenvalue weighted by atomic mass is 10.2. The zero-order chi connectivity index (χ0) is 13.7. The quantitative estimate of drug-likeness (QED) is 0.618. The number of ether oxygens (including phenoxy) is 1. The van der Waals surface area contributed by atoms with E-state index in [1.807, 2.05) is 6.92 Å². The highest BCUT2D eigenvalue weighted by Gasteiger charge is 2.13. The van der Waals surface area contributed by atoms with E-state index in [4.69, 9.17) is 27.9 Å². The molecule has 4 nitrogen and oxygen atoms in total. The number of hydrogen-bond donors (Lipinski definition) is 0. The Bertz CT molecular complexity index is 415. The van der Waals surface area contributed by atoms with Crippen molar-refractivity contribution in [2.75, 3.05) is 20.2 Å². The highest BCUT2D eigenvalue weighted by Crippen LogP contribution is 2.24. The average molecular weight is 291 g/mol. The van der Waals surface area contributed by atoms with Crippen molar-refractivity contribution in [3.63, 3.8) is 0 Å². The van der Waals surface area contributed by atoms with Gasteiger partial charge in [-0.2, -0.15) is 0 Å². The van der Waals surface area contributed by atoms with Gasteiger partial charge in [0.2, 0.25) is 0 Å². The minimum absolute atomic E-state index is 0.189. The van der Waals surface area contributed by atoms with Crippen LogP contribution in [0.15, 0.2) is 6.07 Å². The number of esters is 1. The van der Waals surface area contributed by atoms with Gasteiger partial charge in [0.1, 0.15) is 5.15 Å². The smallest absolute Gasteiger partial charge is 0.320 e. The fourth-order valence-corrected chi connectivity index (χ4v) is 2.17. The predicted octanol–water partition coefficient (Wildman–Crippen LogP) is 2.69. The van der Waals surface area contributed by atoms with Crippen LogP contribution in [0.5, 0.6) is 0 Å². The lowest BCUT2D eigenvalue weighted by molar-refractivity contribution is -0.144. The normalized spacial score (nSPS) is 10.8. The Balaban J connectivity index is 2.70. The number of nitrogens with zero attached hydrogens (tertiary/aromatic N) is 2. The maximum absolute atomic E-state index is 11.3. The molecule has 0 unspecified atom stereocenters. The van der Waals surface area contributed by atoms with Gasteiger partial charge in [0.05, 0.1) is 13.2 Å². The fraction of sp³-hybridized carbons (Fsp3) is 0.500. The van der Waals surface area contributed by atoms with Crippen LogP contribution >= 0.6 is 23.2 Å². The molecule has 0 radical (unpaired) electrons. The maximum Gasteiger partial charge on any atom is 0.320 e. The molecule has 0 aliphatic rings. The molecule has 18 heavy (non-hydrogen) atoms. The number of aryl methyl sites for hydroxylation is 1. The van der Waals surface area contributed by atoms with Crippen LogP contribution in [0, 0.1) is 6.92 Å². The van der Waals surface area contributed by atoms with E-state index in [-0.39, 0.29) is 12.5 Å². The number of rotatable bonds is 5. The van der Waals surface area contributed by atoms with Crippen LogP contribution < -0.4 is 0 Å². The molecule has 100 valence electrons. The molecule has 0 saturated carbocycles. The van der Waals surface area contributed by atoms with Crippen LogP contribution in [0.25, 0.3) is 0 Å². The van der Waals surface area contributed by atoms with Gasteiger partial charge < -0.3 is 4.74 Å². The van der Waals surface area contributed by atoms with Crippen molar-refractivity contribution in [2.24, 2.45) is 0 Å². The van der Waals surface area contributed by atoms with Gasteiger partial charge in [0, 0.05) is 22.8 Å². The molecule has 0 fully saturated rings. The molecule has 0 amide bonds. The van der Waals surface area contributed by atoms with Gasteiger partial charge >= 0.3 is 5.97 Å². The molecular weight excluding hydrogens is 275 g/mol. The van der Waals surface area contributed by atoms with Gasteiger partial charge in [0.25, 0.3) is 0 Å². The summed E-state index contributed by atoms with van der Waals surface area (Å²) in [6.45, 7) is 4.61. The summed E-state index contributed by atoms with van der Waals surface area (Å²) in [5.74, 6) is -0.271. The minimum atomic E-state index is -0.271. The molecule has 0 bridgehead atoms. The Morgan fingerprint density at radius 3 is 2.72 bits per heavy atom. The van der Waals surface area contributed by atoms with Gasteiger partial charge in [0.15, 0.2) is 0 Å². The molecule has 6 heteroatoms. The number of carbonyl (C=O) groups is 1. The van der Waals surface area contributed by atoms with Crippen molar-refractivity contribution < 1.29 is 9.53 Å². The van der Waals surface area contributed by atoms with Crippen molar-refractivity contribution in [1.82, 2.24) is 9.88 Å². The van der Waals surface area contributed by atoms with E-state index in [0.717, 1.165) is 11.3 Å². The summed E-state index contributed by atoms with van der Waals surface area (Å²) in [6.07, 6.45) is 0. The standard InChI is InChI=1S/C12H16Cl2N2O2/c1-4-18-11(17)7-16(3)6-9-10(13)5-8(2)15-12(9)14/h5H,4,6-7H2,1-3H3. The predicted molar refractivity (Wildman–Crippen MR) is 72.0 cm³/mol. The van der Waals surface area contributed by atoms with Crippen molar-refractivity contribution in [3.8, 4) is 0 Å². The van der Waals surface area contributed by atoms with E-state index in [9.17, 15) is 4.79 Å². The van der Waals surface area contributed by atoms with E-state index in [1.165, 1.54) is 0 Å². The second-order valence-electron chi connectivity index (χ2n) is 3.99. The third-order valence-electron chi connectivity index (χ3n) is 2.28. The minimum Gasteiger partial charge on any atom is -0.465 e. The van der Waals surface area contributed by atoms with Gasteiger partial charge in [-0.05, 0) is 27.0 Å². The summed E-state index contributed by atoms with van der Waals surface area (Å²) < 4.78 is 4.87. The van der Waals surface area contributed by atoms with Crippen LogP contribution in [0.2, 0.25) is 10.2 Å². The first kappa shape index (κ1) is 15.2. The lowest BCUT2D eigenvalue weighted by Gasteiger charge is -2.17. The number of carbonyl (C=O) groups excluding carboxylic acids is 1. The first-order valence-corrected chi connectivity index (χ1v) is 6.35. The van der Waals surface area contributed by atoms with Crippen LogP contribution in [-0.2, 0) is 16.1 Å². The van der Waals surface area contributed by atoms with E-state index >= 15 is 0 Å². The first-order chi connectivity index (χ1) is 8.43. The number of hydrogen-bond acceptors (Lipinski definition) is 4. The highest BCUT2D eigenvalue weighted by atomic mass is 35.5. The van der Waals surface area contributed by atoms with Crippen LogP contribution in [0.1, 0.15) is 18.2 Å². The van der Waals surface area contributed by atoms with E-state index in [0.29, 0.717) is 23.3 Å². The van der Waals surface area contributed by atoms with E-state index in [1.54, 1.807) is 24.9 Å². The maximum atomic E-state index is 11.3. The largest absolute Gasteiger partial charge is 0.465 e. The third kappa shape index (κ3) is 4.44. The van der Waals surface area contributed by atoms with Crippen LogP contribution in [0.3, 0.4) is 0 Å². The molecule has 0 N–H and O–H groups in total. The molecular formula is C12H16Cl2N2O2. The molecule has 0 atom stereocenters. The summed E-state index contributed by atoms with van der Waals surface area (Å²) in [5, 5.41) is 0.930. The Labute approximate surface area is 117 Å². The number of aromatic nitrogens is 1. The van der Waals surface area contributed by atoms with E-state index in [2.05, 4.69) is 4.98 Å². The summed E-state index contributed by atoms with van der Waals surface area (Å²) in [4.78, 5) is 17.2. The molecule has 0 aliphatic heterocycles. The highest BCUT2D eigenvalue weighted by molar-refractivity contribution is 6.35. The monoisotopic (exact) mass is 290 g/mol. The number of pyridine rings is 1. The van der Waals surface area contributed by atoms with Crippen molar-refractivity contribution in [3.05, 3.63) is 27.5 Å². The summed E-state index contributed by atoms with van der Waals surface area (Å²) in [5.41, 5.74) is 1.48. The molecule has 1 aromatic rings. The Morgan fingerprint density at radius 1 is 1.50 bits per heavy atom. The molecule has 1 aromatic heterocycles. The first-order valence-electron chi connectivity index (χ1n) is 5.59. The third-order valence-corrected chi connectivity index (χ3v) is 2.93. The Morgan fingerprint density at radius 2 is 2.17 bits per heavy atom. The average Bonchev–Trinajstić information content (AvgIpc) is 2.23. The number of halogens is 2. The lowest BCUT2D eigenvalue weighted by Crippen LogP contribution is -2.27.